The normalized spacial score (nSPS) is 24.3. The van der Waals surface area contributed by atoms with Crippen molar-refractivity contribution < 1.29 is 9.59 Å². The highest BCUT2D eigenvalue weighted by Gasteiger charge is 2.39. The summed E-state index contributed by atoms with van der Waals surface area (Å²) in [6, 6.07) is 0. The maximum absolute atomic E-state index is 12.5. The first kappa shape index (κ1) is 14.0. The number of rotatable bonds is 3. The maximum Gasteiger partial charge on any atom is 0.248 e. The summed E-state index contributed by atoms with van der Waals surface area (Å²) >= 11 is 1.57. The van der Waals surface area contributed by atoms with Crippen LogP contribution in [0.3, 0.4) is 0 Å². The molecule has 19 heavy (non-hydrogen) atoms. The van der Waals surface area contributed by atoms with E-state index in [2.05, 4.69) is 10.3 Å². The molecule has 1 N–H and O–H groups in total. The molecule has 104 valence electrons. The van der Waals surface area contributed by atoms with Crippen molar-refractivity contribution in [2.45, 2.75) is 45.7 Å². The van der Waals surface area contributed by atoms with Crippen LogP contribution in [0.5, 0.6) is 0 Å². The van der Waals surface area contributed by atoms with Crippen LogP contribution >= 0.6 is 11.3 Å². The molecule has 0 aliphatic carbocycles. The Bertz CT molecular complexity index is 500. The van der Waals surface area contributed by atoms with Gasteiger partial charge in [-0.05, 0) is 20.3 Å². The number of carbonyl (C=O) groups is 2. The van der Waals surface area contributed by atoms with Gasteiger partial charge in [-0.2, -0.15) is 0 Å². The SMILES string of the molecule is CCC1(C)NC(=O)CCN(Cc2csc(C)n2)C1=O. The third-order valence-corrected chi connectivity index (χ3v) is 4.33. The van der Waals surface area contributed by atoms with Crippen LogP contribution in [0.2, 0.25) is 0 Å². The highest BCUT2D eigenvalue weighted by atomic mass is 32.1. The molecule has 2 heterocycles. The third kappa shape index (κ3) is 2.94. The van der Waals surface area contributed by atoms with Gasteiger partial charge in [0.1, 0.15) is 5.54 Å². The molecule has 0 saturated carbocycles. The van der Waals surface area contributed by atoms with Crippen LogP contribution in [0.1, 0.15) is 37.4 Å². The minimum atomic E-state index is -0.793. The van der Waals surface area contributed by atoms with Crippen molar-refractivity contribution >= 4 is 23.2 Å². The molecule has 5 nitrogen and oxygen atoms in total. The van der Waals surface area contributed by atoms with Gasteiger partial charge in [0.05, 0.1) is 17.2 Å². The van der Waals surface area contributed by atoms with Gasteiger partial charge in [0.25, 0.3) is 0 Å². The van der Waals surface area contributed by atoms with Gasteiger partial charge in [0.15, 0.2) is 0 Å². The topological polar surface area (TPSA) is 62.3 Å². The van der Waals surface area contributed by atoms with E-state index in [0.717, 1.165) is 10.7 Å². The maximum atomic E-state index is 12.5. The van der Waals surface area contributed by atoms with Gasteiger partial charge in [0, 0.05) is 18.3 Å². The minimum absolute atomic E-state index is 0.0218. The Balaban J connectivity index is 2.19. The number of thiazole rings is 1. The number of hydrogen-bond acceptors (Lipinski definition) is 4. The second-order valence-electron chi connectivity index (χ2n) is 5.07. The van der Waals surface area contributed by atoms with Crippen molar-refractivity contribution in [2.24, 2.45) is 0 Å². The number of aryl methyl sites for hydroxylation is 1. The van der Waals surface area contributed by atoms with Gasteiger partial charge < -0.3 is 10.2 Å². The quantitative estimate of drug-likeness (QED) is 0.912. The predicted octanol–water partition coefficient (Wildman–Crippen LogP) is 1.47. The van der Waals surface area contributed by atoms with Crippen LogP contribution in [0.4, 0.5) is 0 Å². The lowest BCUT2D eigenvalue weighted by Crippen LogP contribution is -2.54. The smallest absolute Gasteiger partial charge is 0.248 e. The van der Waals surface area contributed by atoms with E-state index in [9.17, 15) is 9.59 Å². The van der Waals surface area contributed by atoms with Crippen molar-refractivity contribution in [2.75, 3.05) is 6.54 Å². The van der Waals surface area contributed by atoms with E-state index in [1.54, 1.807) is 23.2 Å². The third-order valence-electron chi connectivity index (χ3n) is 3.51. The summed E-state index contributed by atoms with van der Waals surface area (Å²) in [6.07, 6.45) is 0.939. The lowest BCUT2D eigenvalue weighted by Gasteiger charge is -2.30. The van der Waals surface area contributed by atoms with Crippen molar-refractivity contribution in [3.05, 3.63) is 16.1 Å². The molecule has 1 fully saturated rings. The molecule has 1 saturated heterocycles. The first-order valence-corrected chi connectivity index (χ1v) is 7.34. The van der Waals surface area contributed by atoms with Gasteiger partial charge in [-0.25, -0.2) is 4.98 Å². The number of nitrogens with one attached hydrogen (secondary N) is 1. The lowest BCUT2D eigenvalue weighted by molar-refractivity contribution is -0.138. The molecule has 2 rings (SSSR count). The average molecular weight is 281 g/mol. The fraction of sp³-hybridized carbons (Fsp3) is 0.615. The highest BCUT2D eigenvalue weighted by molar-refractivity contribution is 7.09. The average Bonchev–Trinajstić information content (AvgIpc) is 2.74. The molecule has 0 radical (unpaired) electrons. The van der Waals surface area contributed by atoms with Gasteiger partial charge in [-0.15, -0.1) is 11.3 Å². The van der Waals surface area contributed by atoms with Gasteiger partial charge >= 0.3 is 0 Å². The monoisotopic (exact) mass is 281 g/mol. The molecule has 1 aromatic heterocycles. The molecule has 1 unspecified atom stereocenters. The summed E-state index contributed by atoms with van der Waals surface area (Å²) in [5, 5.41) is 5.78. The largest absolute Gasteiger partial charge is 0.342 e. The molecule has 0 aromatic carbocycles. The van der Waals surface area contributed by atoms with Gasteiger partial charge in [-0.1, -0.05) is 6.92 Å². The van der Waals surface area contributed by atoms with Crippen LogP contribution < -0.4 is 5.32 Å². The van der Waals surface area contributed by atoms with E-state index in [0.29, 0.717) is 25.9 Å². The van der Waals surface area contributed by atoms with E-state index >= 15 is 0 Å². The number of hydrogen-bond donors (Lipinski definition) is 1. The summed E-state index contributed by atoms with van der Waals surface area (Å²) in [5.74, 6) is -0.0823. The Labute approximate surface area is 117 Å². The second-order valence-corrected chi connectivity index (χ2v) is 6.13. The zero-order valence-corrected chi connectivity index (χ0v) is 12.3. The van der Waals surface area contributed by atoms with E-state index in [4.69, 9.17) is 0 Å². The second kappa shape index (κ2) is 5.28. The first-order chi connectivity index (χ1) is 8.94. The van der Waals surface area contributed by atoms with Crippen LogP contribution in [0.25, 0.3) is 0 Å². The molecule has 1 aromatic rings. The molecule has 1 aliphatic heterocycles. The lowest BCUT2D eigenvalue weighted by atomic mass is 9.97. The molecular formula is C13H19N3O2S. The zero-order chi connectivity index (χ0) is 14.0. The summed E-state index contributed by atoms with van der Waals surface area (Å²) in [7, 11) is 0. The van der Waals surface area contributed by atoms with E-state index in [1.807, 2.05) is 19.2 Å². The van der Waals surface area contributed by atoms with Crippen molar-refractivity contribution in [1.82, 2.24) is 15.2 Å². The van der Waals surface area contributed by atoms with E-state index < -0.39 is 5.54 Å². The van der Waals surface area contributed by atoms with Gasteiger partial charge in [-0.3, -0.25) is 9.59 Å². The molecule has 0 spiro atoms. The van der Waals surface area contributed by atoms with Crippen LogP contribution in [-0.4, -0.2) is 33.8 Å². The Kier molecular flexibility index (Phi) is 3.89. The summed E-state index contributed by atoms with van der Waals surface area (Å²) in [6.45, 7) is 6.58. The Hall–Kier alpha value is -1.43. The van der Waals surface area contributed by atoms with Crippen LogP contribution in [0.15, 0.2) is 5.38 Å². The zero-order valence-electron chi connectivity index (χ0n) is 11.5. The van der Waals surface area contributed by atoms with E-state index in [-0.39, 0.29) is 11.8 Å². The molecule has 0 bridgehead atoms. The molecule has 2 amide bonds. The molecular weight excluding hydrogens is 262 g/mol. The van der Waals surface area contributed by atoms with Crippen molar-refractivity contribution in [3.8, 4) is 0 Å². The number of amides is 2. The Morgan fingerprint density at radius 1 is 1.53 bits per heavy atom. The summed E-state index contributed by atoms with van der Waals surface area (Å²) in [5.41, 5.74) is 0.0993. The number of carbonyl (C=O) groups excluding carboxylic acids is 2. The van der Waals surface area contributed by atoms with Crippen LogP contribution in [-0.2, 0) is 16.1 Å². The molecule has 1 aliphatic rings. The van der Waals surface area contributed by atoms with E-state index in [1.165, 1.54) is 0 Å². The number of nitrogens with zero attached hydrogens (tertiary/aromatic N) is 2. The minimum Gasteiger partial charge on any atom is -0.342 e. The fourth-order valence-electron chi connectivity index (χ4n) is 2.18. The Morgan fingerprint density at radius 2 is 2.26 bits per heavy atom. The van der Waals surface area contributed by atoms with Crippen LogP contribution in [0, 0.1) is 6.92 Å². The number of aromatic nitrogens is 1. The summed E-state index contributed by atoms with van der Waals surface area (Å²) < 4.78 is 0. The molecule has 1 atom stereocenters. The molecule has 6 heteroatoms. The van der Waals surface area contributed by atoms with Crippen molar-refractivity contribution in [3.63, 3.8) is 0 Å². The standard InChI is InChI=1S/C13H19N3O2S/c1-4-13(3)12(18)16(6-5-11(17)15-13)7-10-8-19-9(2)14-10/h8H,4-7H2,1-3H3,(H,15,17). The first-order valence-electron chi connectivity index (χ1n) is 6.46. The highest BCUT2D eigenvalue weighted by Crippen LogP contribution is 2.20. The fourth-order valence-corrected chi connectivity index (χ4v) is 2.78. The summed E-state index contributed by atoms with van der Waals surface area (Å²) in [4.78, 5) is 30.4. The van der Waals surface area contributed by atoms with Gasteiger partial charge in [0.2, 0.25) is 11.8 Å². The predicted molar refractivity (Wildman–Crippen MR) is 73.7 cm³/mol. The van der Waals surface area contributed by atoms with Crippen molar-refractivity contribution in [1.29, 1.82) is 0 Å². The Morgan fingerprint density at radius 3 is 2.84 bits per heavy atom.